The molecule has 0 N–H and O–H groups in total. The monoisotopic (exact) mass is 420 g/mol. The highest BCUT2D eigenvalue weighted by Crippen LogP contribution is 2.41. The zero-order valence-electron chi connectivity index (χ0n) is 16.9. The Morgan fingerprint density at radius 3 is 2.39 bits per heavy atom. The van der Waals surface area contributed by atoms with Gasteiger partial charge in [0.25, 0.3) is 5.56 Å². The lowest BCUT2D eigenvalue weighted by atomic mass is 9.83. The number of fused-ring (bicyclic) bond motifs is 3. The molecule has 0 spiro atoms. The van der Waals surface area contributed by atoms with Gasteiger partial charge in [0.05, 0.1) is 16.3 Å². The molecule has 0 bridgehead atoms. The molecule has 4 aromatic rings. The summed E-state index contributed by atoms with van der Waals surface area (Å²) in [6.45, 7) is 0. The SMILES string of the molecule is O=c1/c(=C/c2ccccc2)sc2n1C(c1ccccc1)C1=C(N=2)c2ccccc2CC1. The van der Waals surface area contributed by atoms with Crippen molar-refractivity contribution in [1.29, 1.82) is 0 Å². The first-order chi connectivity index (χ1) is 15.3. The maximum absolute atomic E-state index is 13.6. The number of allylic oxidation sites excluding steroid dienone is 1. The van der Waals surface area contributed by atoms with Gasteiger partial charge < -0.3 is 0 Å². The van der Waals surface area contributed by atoms with Gasteiger partial charge in [-0.15, -0.1) is 0 Å². The van der Waals surface area contributed by atoms with E-state index in [4.69, 9.17) is 4.99 Å². The fraction of sp³-hybridized carbons (Fsp3) is 0.111. The molecule has 3 aromatic carbocycles. The van der Waals surface area contributed by atoms with Crippen molar-refractivity contribution in [2.24, 2.45) is 4.99 Å². The first-order valence-electron chi connectivity index (χ1n) is 10.5. The van der Waals surface area contributed by atoms with E-state index in [-0.39, 0.29) is 11.6 Å². The first-order valence-corrected chi connectivity index (χ1v) is 11.3. The molecule has 1 atom stereocenters. The molecule has 0 saturated heterocycles. The van der Waals surface area contributed by atoms with Gasteiger partial charge in [-0.2, -0.15) is 0 Å². The second-order valence-electron chi connectivity index (χ2n) is 7.94. The third-order valence-electron chi connectivity index (χ3n) is 6.09. The van der Waals surface area contributed by atoms with Crippen LogP contribution in [0.2, 0.25) is 0 Å². The topological polar surface area (TPSA) is 34.4 Å². The number of rotatable bonds is 2. The number of nitrogens with zero attached hydrogens (tertiary/aromatic N) is 2. The van der Waals surface area contributed by atoms with Crippen LogP contribution in [-0.2, 0) is 6.42 Å². The van der Waals surface area contributed by atoms with Crippen LogP contribution in [0.1, 0.15) is 34.7 Å². The zero-order valence-corrected chi connectivity index (χ0v) is 17.7. The van der Waals surface area contributed by atoms with Crippen LogP contribution in [0.15, 0.2) is 100 Å². The van der Waals surface area contributed by atoms with E-state index in [0.29, 0.717) is 0 Å². The summed E-state index contributed by atoms with van der Waals surface area (Å²) >= 11 is 1.48. The number of aryl methyl sites for hydroxylation is 1. The Morgan fingerprint density at radius 1 is 0.871 bits per heavy atom. The molecule has 2 aliphatic rings. The number of hydrogen-bond acceptors (Lipinski definition) is 3. The minimum atomic E-state index is -0.112. The second-order valence-corrected chi connectivity index (χ2v) is 8.94. The highest BCUT2D eigenvalue weighted by atomic mass is 32.1. The van der Waals surface area contributed by atoms with Crippen LogP contribution in [0.4, 0.5) is 0 Å². The van der Waals surface area contributed by atoms with Crippen LogP contribution in [0, 0.1) is 0 Å². The van der Waals surface area contributed by atoms with E-state index >= 15 is 0 Å². The molecule has 2 heterocycles. The van der Waals surface area contributed by atoms with Crippen molar-refractivity contribution in [2.45, 2.75) is 18.9 Å². The molecule has 1 aliphatic heterocycles. The molecule has 3 nitrogen and oxygen atoms in total. The van der Waals surface area contributed by atoms with E-state index in [1.807, 2.05) is 59.2 Å². The van der Waals surface area contributed by atoms with Crippen molar-refractivity contribution < 1.29 is 0 Å². The number of hydrogen-bond donors (Lipinski definition) is 0. The fourth-order valence-electron chi connectivity index (χ4n) is 4.66. The van der Waals surface area contributed by atoms with Crippen LogP contribution in [0.3, 0.4) is 0 Å². The molecule has 0 amide bonds. The van der Waals surface area contributed by atoms with Crippen molar-refractivity contribution in [3.63, 3.8) is 0 Å². The molecule has 6 rings (SSSR count). The summed E-state index contributed by atoms with van der Waals surface area (Å²) < 4.78 is 2.63. The Balaban J connectivity index is 1.65. The van der Waals surface area contributed by atoms with Crippen molar-refractivity contribution in [3.8, 4) is 0 Å². The first kappa shape index (κ1) is 18.3. The Bertz CT molecular complexity index is 1490. The Morgan fingerprint density at radius 2 is 1.58 bits per heavy atom. The molecule has 31 heavy (non-hydrogen) atoms. The molecule has 1 aliphatic carbocycles. The quantitative estimate of drug-likeness (QED) is 0.476. The average Bonchev–Trinajstić information content (AvgIpc) is 3.13. The zero-order chi connectivity index (χ0) is 20.8. The lowest BCUT2D eigenvalue weighted by molar-refractivity contribution is 0.585. The highest BCUT2D eigenvalue weighted by Gasteiger charge is 2.32. The van der Waals surface area contributed by atoms with Gasteiger partial charge in [0, 0.05) is 5.56 Å². The van der Waals surface area contributed by atoms with E-state index in [1.165, 1.54) is 28.0 Å². The van der Waals surface area contributed by atoms with Crippen molar-refractivity contribution in [2.75, 3.05) is 0 Å². The highest BCUT2D eigenvalue weighted by molar-refractivity contribution is 7.07. The van der Waals surface area contributed by atoms with Crippen molar-refractivity contribution in [1.82, 2.24) is 4.57 Å². The van der Waals surface area contributed by atoms with Gasteiger partial charge in [-0.1, -0.05) is 96.3 Å². The molecule has 0 saturated carbocycles. The third-order valence-corrected chi connectivity index (χ3v) is 7.07. The smallest absolute Gasteiger partial charge is 0.271 e. The Hall–Kier alpha value is -3.50. The summed E-state index contributed by atoms with van der Waals surface area (Å²) in [4.78, 5) is 19.4. The lowest BCUT2D eigenvalue weighted by Crippen LogP contribution is -2.38. The van der Waals surface area contributed by atoms with Crippen molar-refractivity contribution >= 4 is 23.1 Å². The Kier molecular flexibility index (Phi) is 4.32. The van der Waals surface area contributed by atoms with E-state index < -0.39 is 0 Å². The molecular formula is C27H20N2OS. The predicted octanol–water partition coefficient (Wildman–Crippen LogP) is 4.32. The summed E-state index contributed by atoms with van der Waals surface area (Å²) in [6, 6.07) is 28.8. The number of benzene rings is 3. The van der Waals surface area contributed by atoms with E-state index in [2.05, 4.69) is 36.4 Å². The van der Waals surface area contributed by atoms with Gasteiger partial charge in [-0.05, 0) is 41.2 Å². The third kappa shape index (κ3) is 3.03. The van der Waals surface area contributed by atoms with Crippen LogP contribution in [0.25, 0.3) is 11.8 Å². The summed E-state index contributed by atoms with van der Waals surface area (Å²) in [5, 5.41) is 0. The maximum Gasteiger partial charge on any atom is 0.271 e. The van der Waals surface area contributed by atoms with Gasteiger partial charge in [0.1, 0.15) is 0 Å². The summed E-state index contributed by atoms with van der Waals surface area (Å²) in [5.74, 6) is 0. The second kappa shape index (κ2) is 7.33. The van der Waals surface area contributed by atoms with E-state index in [0.717, 1.165) is 39.0 Å². The largest absolute Gasteiger partial charge is 0.272 e. The summed E-state index contributed by atoms with van der Waals surface area (Å²) in [5.41, 5.74) is 7.01. The summed E-state index contributed by atoms with van der Waals surface area (Å²) in [7, 11) is 0. The average molecular weight is 421 g/mol. The number of aromatic nitrogens is 1. The maximum atomic E-state index is 13.6. The van der Waals surface area contributed by atoms with Gasteiger partial charge in [-0.3, -0.25) is 9.36 Å². The molecular weight excluding hydrogens is 400 g/mol. The van der Waals surface area contributed by atoms with Crippen LogP contribution in [-0.4, -0.2) is 4.57 Å². The van der Waals surface area contributed by atoms with Crippen LogP contribution >= 0.6 is 11.3 Å². The van der Waals surface area contributed by atoms with Gasteiger partial charge in [0.15, 0.2) is 4.80 Å². The van der Waals surface area contributed by atoms with Gasteiger partial charge in [0.2, 0.25) is 0 Å². The van der Waals surface area contributed by atoms with Crippen LogP contribution < -0.4 is 14.9 Å². The molecule has 1 unspecified atom stereocenters. The molecule has 1 aromatic heterocycles. The minimum absolute atomic E-state index is 0.0341. The fourth-order valence-corrected chi connectivity index (χ4v) is 5.66. The molecule has 0 fully saturated rings. The van der Waals surface area contributed by atoms with Gasteiger partial charge >= 0.3 is 0 Å². The standard InChI is InChI=1S/C27H20N2OS/c30-26-23(17-18-9-3-1-4-10-18)31-27-28-24-21-14-8-7-11-19(21)15-16-22(24)25(29(26)27)20-12-5-2-6-13-20/h1-14,17,25H,15-16H2/b23-17-. The van der Waals surface area contributed by atoms with Crippen LogP contribution in [0.5, 0.6) is 0 Å². The molecule has 4 heteroatoms. The van der Waals surface area contributed by atoms with Crippen molar-refractivity contribution in [3.05, 3.63) is 132 Å². The minimum Gasteiger partial charge on any atom is -0.272 e. The van der Waals surface area contributed by atoms with E-state index in [1.54, 1.807) is 0 Å². The predicted molar refractivity (Wildman–Crippen MR) is 126 cm³/mol. The van der Waals surface area contributed by atoms with E-state index in [9.17, 15) is 4.79 Å². The van der Waals surface area contributed by atoms with Gasteiger partial charge in [-0.25, -0.2) is 4.99 Å². The Labute approximate surface area is 184 Å². The normalized spacial score (nSPS) is 17.5. The molecule has 150 valence electrons. The molecule has 0 radical (unpaired) electrons. The lowest BCUT2D eigenvalue weighted by Gasteiger charge is -2.30. The number of thiazole rings is 1. The summed E-state index contributed by atoms with van der Waals surface area (Å²) in [6.07, 6.45) is 3.86.